The normalized spacial score (nSPS) is 12.4. The number of hydrogen-bond acceptors (Lipinski definition) is 2. The number of rotatable bonds is 18. The number of hydrogen-bond donors (Lipinski definition) is 1. The number of unbranched alkanes of at least 4 members (excludes halogenated alkanes) is 15. The molecule has 1 N–H and O–H groups in total. The summed E-state index contributed by atoms with van der Waals surface area (Å²) in [5.41, 5.74) is 2.19. The van der Waals surface area contributed by atoms with Gasteiger partial charge in [-0.3, -0.25) is 4.55 Å². The van der Waals surface area contributed by atoms with E-state index in [-0.39, 0.29) is 10.3 Å². The monoisotopic (exact) mass is 466 g/mol. The van der Waals surface area contributed by atoms with E-state index in [1.165, 1.54) is 108 Å². The van der Waals surface area contributed by atoms with Gasteiger partial charge in [-0.1, -0.05) is 130 Å². The molecule has 1 aromatic rings. The predicted molar refractivity (Wildman–Crippen MR) is 138 cm³/mol. The lowest BCUT2D eigenvalue weighted by molar-refractivity contribution is 0.482. The van der Waals surface area contributed by atoms with Gasteiger partial charge in [0.15, 0.2) is 0 Å². The van der Waals surface area contributed by atoms with Crippen LogP contribution in [0.25, 0.3) is 0 Å². The third kappa shape index (κ3) is 13.0. The van der Waals surface area contributed by atoms with Crippen LogP contribution in [-0.2, 0) is 22.0 Å². The van der Waals surface area contributed by atoms with E-state index in [1.807, 2.05) is 6.07 Å². The van der Waals surface area contributed by atoms with Crippen molar-refractivity contribution >= 4 is 10.1 Å². The number of aryl methyl sites for hydroxylation is 1. The quantitative estimate of drug-likeness (QED) is 0.173. The minimum absolute atomic E-state index is 0.0111. The largest absolute Gasteiger partial charge is 0.294 e. The van der Waals surface area contributed by atoms with E-state index in [9.17, 15) is 13.0 Å². The van der Waals surface area contributed by atoms with Crippen LogP contribution in [0.1, 0.15) is 142 Å². The zero-order valence-electron chi connectivity index (χ0n) is 21.4. The van der Waals surface area contributed by atoms with Crippen LogP contribution >= 0.6 is 0 Å². The smallest absolute Gasteiger partial charge is 0.282 e. The molecule has 0 fully saturated rings. The Kier molecular flexibility index (Phi) is 14.5. The highest BCUT2D eigenvalue weighted by molar-refractivity contribution is 7.85. The third-order valence-electron chi connectivity index (χ3n) is 6.48. The van der Waals surface area contributed by atoms with E-state index in [0.29, 0.717) is 0 Å². The van der Waals surface area contributed by atoms with Crippen LogP contribution in [0.15, 0.2) is 23.1 Å². The highest BCUT2D eigenvalue weighted by Crippen LogP contribution is 2.29. The lowest BCUT2D eigenvalue weighted by atomic mass is 9.82. The average Bonchev–Trinajstić information content (AvgIpc) is 2.72. The molecule has 4 heteroatoms. The van der Waals surface area contributed by atoms with Crippen LogP contribution in [0.2, 0.25) is 0 Å². The maximum Gasteiger partial charge on any atom is 0.294 e. The summed E-state index contributed by atoms with van der Waals surface area (Å²) in [7, 11) is -4.15. The molecular formula is C28H50O3S. The van der Waals surface area contributed by atoms with Gasteiger partial charge in [-0.05, 0) is 41.5 Å². The lowest BCUT2D eigenvalue weighted by Crippen LogP contribution is -2.15. The molecule has 0 bridgehead atoms. The van der Waals surface area contributed by atoms with Gasteiger partial charge in [0.1, 0.15) is 0 Å². The first-order valence-electron chi connectivity index (χ1n) is 13.3. The van der Waals surface area contributed by atoms with Crippen molar-refractivity contribution in [1.29, 1.82) is 0 Å². The Labute approximate surface area is 199 Å². The van der Waals surface area contributed by atoms with Crippen molar-refractivity contribution in [2.45, 2.75) is 147 Å². The SMILES string of the molecule is CCCCCCCCCCCCCCCCCCc1cc(S(=O)(=O)O)ccc1C(C)(C)C. The molecule has 0 amide bonds. The fraction of sp³-hybridized carbons (Fsp3) is 0.786. The molecule has 0 aromatic heterocycles. The van der Waals surface area contributed by atoms with Gasteiger partial charge in [-0.25, -0.2) is 0 Å². The summed E-state index contributed by atoms with van der Waals surface area (Å²) in [6.07, 6.45) is 22.4. The molecule has 186 valence electrons. The first-order valence-corrected chi connectivity index (χ1v) is 14.7. The van der Waals surface area contributed by atoms with Crippen LogP contribution in [0.5, 0.6) is 0 Å². The minimum atomic E-state index is -4.15. The summed E-state index contributed by atoms with van der Waals surface area (Å²) in [6.45, 7) is 8.71. The highest BCUT2D eigenvalue weighted by Gasteiger charge is 2.20. The summed E-state index contributed by atoms with van der Waals surface area (Å²) in [5.74, 6) is 0. The van der Waals surface area contributed by atoms with Gasteiger partial charge < -0.3 is 0 Å². The molecule has 0 aliphatic rings. The van der Waals surface area contributed by atoms with Gasteiger partial charge in [0, 0.05) is 0 Å². The Hall–Kier alpha value is -0.870. The molecule has 0 unspecified atom stereocenters. The van der Waals surface area contributed by atoms with E-state index in [4.69, 9.17) is 0 Å². The van der Waals surface area contributed by atoms with E-state index in [0.717, 1.165) is 18.4 Å². The zero-order valence-corrected chi connectivity index (χ0v) is 22.2. The second kappa shape index (κ2) is 15.9. The fourth-order valence-electron chi connectivity index (χ4n) is 4.53. The topological polar surface area (TPSA) is 54.4 Å². The van der Waals surface area contributed by atoms with E-state index in [1.54, 1.807) is 6.07 Å². The molecule has 0 saturated heterocycles. The maximum atomic E-state index is 11.5. The van der Waals surface area contributed by atoms with Gasteiger partial charge >= 0.3 is 0 Å². The maximum absolute atomic E-state index is 11.5. The van der Waals surface area contributed by atoms with Gasteiger partial charge in [0.05, 0.1) is 4.90 Å². The molecule has 0 aliphatic carbocycles. The molecule has 3 nitrogen and oxygen atoms in total. The van der Waals surface area contributed by atoms with Gasteiger partial charge in [-0.2, -0.15) is 8.42 Å². The number of benzene rings is 1. The Morgan fingerprint density at radius 2 is 1.09 bits per heavy atom. The van der Waals surface area contributed by atoms with Crippen molar-refractivity contribution in [3.05, 3.63) is 29.3 Å². The molecule has 1 rings (SSSR count). The van der Waals surface area contributed by atoms with Crippen LogP contribution < -0.4 is 0 Å². The standard InChI is InChI=1S/C28H50O3S/c1-5-6-7-8-9-10-11-12-13-14-15-16-17-18-19-20-21-25-24-26(32(29,30)31)22-23-27(25)28(2,3)4/h22-24H,5-21H2,1-4H3,(H,29,30,31). The summed E-state index contributed by atoms with van der Waals surface area (Å²) in [6, 6.07) is 5.05. The van der Waals surface area contributed by atoms with Crippen LogP contribution in [0, 0.1) is 0 Å². The molecule has 0 heterocycles. The molecule has 32 heavy (non-hydrogen) atoms. The molecule has 0 aliphatic heterocycles. The van der Waals surface area contributed by atoms with E-state index < -0.39 is 10.1 Å². The van der Waals surface area contributed by atoms with Crippen LogP contribution in [0.4, 0.5) is 0 Å². The molecule has 0 atom stereocenters. The second-order valence-electron chi connectivity index (χ2n) is 10.6. The molecule has 0 radical (unpaired) electrons. The molecule has 0 saturated carbocycles. The van der Waals surface area contributed by atoms with Crippen molar-refractivity contribution in [3.63, 3.8) is 0 Å². The van der Waals surface area contributed by atoms with Crippen LogP contribution in [-0.4, -0.2) is 13.0 Å². The molecular weight excluding hydrogens is 416 g/mol. The minimum Gasteiger partial charge on any atom is -0.282 e. The van der Waals surface area contributed by atoms with Gasteiger partial charge in [0.25, 0.3) is 10.1 Å². The van der Waals surface area contributed by atoms with Gasteiger partial charge in [0.2, 0.25) is 0 Å². The third-order valence-corrected chi connectivity index (χ3v) is 7.33. The predicted octanol–water partition coefficient (Wildman–Crippen LogP) is 9.03. The van der Waals surface area contributed by atoms with Crippen LogP contribution in [0.3, 0.4) is 0 Å². The van der Waals surface area contributed by atoms with Crippen molar-refractivity contribution in [3.8, 4) is 0 Å². The first kappa shape index (κ1) is 29.2. The summed E-state index contributed by atoms with van der Waals surface area (Å²) >= 11 is 0. The van der Waals surface area contributed by atoms with E-state index >= 15 is 0 Å². The summed E-state index contributed by atoms with van der Waals surface area (Å²) < 4.78 is 32.4. The van der Waals surface area contributed by atoms with Crippen molar-refractivity contribution < 1.29 is 13.0 Å². The Morgan fingerprint density at radius 1 is 0.688 bits per heavy atom. The first-order chi connectivity index (χ1) is 15.2. The van der Waals surface area contributed by atoms with Crippen molar-refractivity contribution in [2.24, 2.45) is 0 Å². The summed E-state index contributed by atoms with van der Waals surface area (Å²) in [5, 5.41) is 0. The Bertz CT molecular complexity index is 717. The Morgan fingerprint density at radius 3 is 1.47 bits per heavy atom. The highest BCUT2D eigenvalue weighted by atomic mass is 32.2. The lowest BCUT2D eigenvalue weighted by Gasteiger charge is -2.23. The average molecular weight is 467 g/mol. The zero-order chi connectivity index (χ0) is 23.9. The summed E-state index contributed by atoms with van der Waals surface area (Å²) in [4.78, 5) is 0.0111. The fourth-order valence-corrected chi connectivity index (χ4v) is 5.06. The Balaban J connectivity index is 2.15. The van der Waals surface area contributed by atoms with Crippen molar-refractivity contribution in [2.75, 3.05) is 0 Å². The molecule has 1 aromatic carbocycles. The van der Waals surface area contributed by atoms with E-state index in [2.05, 4.69) is 27.7 Å². The van der Waals surface area contributed by atoms with Gasteiger partial charge in [-0.15, -0.1) is 0 Å². The van der Waals surface area contributed by atoms with Crippen molar-refractivity contribution in [1.82, 2.24) is 0 Å². The molecule has 0 spiro atoms. The second-order valence-corrected chi connectivity index (χ2v) is 12.0.